The van der Waals surface area contributed by atoms with E-state index >= 15 is 0 Å². The molecule has 0 spiro atoms. The molecule has 0 aromatic rings. The molecule has 116 valence electrons. The molecule has 0 bridgehead atoms. The van der Waals surface area contributed by atoms with E-state index in [0.29, 0.717) is 25.0 Å². The second-order valence-electron chi connectivity index (χ2n) is 5.89. The van der Waals surface area contributed by atoms with E-state index in [1.54, 1.807) is 7.11 Å². The fourth-order valence-corrected chi connectivity index (χ4v) is 3.22. The van der Waals surface area contributed by atoms with Crippen LogP contribution in [0.1, 0.15) is 25.7 Å². The molecule has 1 aliphatic carbocycles. The van der Waals surface area contributed by atoms with Gasteiger partial charge in [0.05, 0.1) is 12.7 Å². The van der Waals surface area contributed by atoms with Crippen LogP contribution in [-0.2, 0) is 4.74 Å². The average molecular weight is 285 g/mol. The van der Waals surface area contributed by atoms with E-state index in [4.69, 9.17) is 4.74 Å². The van der Waals surface area contributed by atoms with Crippen molar-refractivity contribution in [1.29, 1.82) is 0 Å². The average Bonchev–Trinajstić information content (AvgIpc) is 2.43. The van der Waals surface area contributed by atoms with Gasteiger partial charge in [-0.1, -0.05) is 0 Å². The van der Waals surface area contributed by atoms with Gasteiger partial charge in [-0.25, -0.2) is 4.79 Å². The number of aliphatic hydroxyl groups excluding tert-OH is 1. The Morgan fingerprint density at radius 3 is 2.65 bits per heavy atom. The SMILES string of the molecule is COCCNC(=O)NC(C1CCNCC1)C1CC(O)C1. The second kappa shape index (κ2) is 7.81. The lowest BCUT2D eigenvalue weighted by Crippen LogP contribution is -2.55. The summed E-state index contributed by atoms with van der Waals surface area (Å²) in [7, 11) is 1.62. The van der Waals surface area contributed by atoms with Crippen LogP contribution in [0.25, 0.3) is 0 Å². The second-order valence-corrected chi connectivity index (χ2v) is 5.89. The number of ether oxygens (including phenoxy) is 1. The molecule has 1 atom stereocenters. The lowest BCUT2D eigenvalue weighted by atomic mass is 9.71. The third-order valence-electron chi connectivity index (χ3n) is 4.44. The van der Waals surface area contributed by atoms with Gasteiger partial charge in [0.2, 0.25) is 0 Å². The fraction of sp³-hybridized carbons (Fsp3) is 0.929. The van der Waals surface area contributed by atoms with Crippen LogP contribution in [0.4, 0.5) is 4.79 Å². The molecule has 4 N–H and O–H groups in total. The number of hydrogen-bond donors (Lipinski definition) is 4. The van der Waals surface area contributed by atoms with Gasteiger partial charge in [0.1, 0.15) is 0 Å². The zero-order valence-corrected chi connectivity index (χ0v) is 12.2. The number of carbonyl (C=O) groups is 1. The van der Waals surface area contributed by atoms with Crippen molar-refractivity contribution in [3.8, 4) is 0 Å². The van der Waals surface area contributed by atoms with Crippen molar-refractivity contribution in [1.82, 2.24) is 16.0 Å². The van der Waals surface area contributed by atoms with E-state index in [-0.39, 0.29) is 18.2 Å². The summed E-state index contributed by atoms with van der Waals surface area (Å²) in [5.41, 5.74) is 0. The summed E-state index contributed by atoms with van der Waals surface area (Å²) in [5.74, 6) is 0.934. The molecule has 0 aromatic heterocycles. The quantitative estimate of drug-likeness (QED) is 0.521. The molecule has 6 nitrogen and oxygen atoms in total. The summed E-state index contributed by atoms with van der Waals surface area (Å²) in [4.78, 5) is 11.9. The molecule has 1 heterocycles. The Labute approximate surface area is 120 Å². The van der Waals surface area contributed by atoms with Gasteiger partial charge in [-0.05, 0) is 50.6 Å². The Morgan fingerprint density at radius 2 is 2.05 bits per heavy atom. The number of carbonyl (C=O) groups excluding carboxylic acids is 1. The van der Waals surface area contributed by atoms with E-state index in [9.17, 15) is 9.90 Å². The van der Waals surface area contributed by atoms with Crippen molar-refractivity contribution < 1.29 is 14.6 Å². The largest absolute Gasteiger partial charge is 0.393 e. The van der Waals surface area contributed by atoms with E-state index in [1.165, 1.54) is 0 Å². The van der Waals surface area contributed by atoms with Gasteiger partial charge in [0.15, 0.2) is 0 Å². The minimum absolute atomic E-state index is 0.119. The summed E-state index contributed by atoms with van der Waals surface area (Å²) in [6, 6.07) is 0.0648. The molecule has 2 fully saturated rings. The van der Waals surface area contributed by atoms with E-state index in [2.05, 4.69) is 16.0 Å². The molecule has 1 saturated heterocycles. The van der Waals surface area contributed by atoms with Crippen molar-refractivity contribution in [2.24, 2.45) is 11.8 Å². The molecule has 0 aromatic carbocycles. The van der Waals surface area contributed by atoms with Gasteiger partial charge in [-0.3, -0.25) is 0 Å². The standard InChI is InChI=1S/C14H27N3O3/c1-20-7-6-16-14(19)17-13(11-8-12(18)9-11)10-2-4-15-5-3-10/h10-13,15,18H,2-9H2,1H3,(H2,16,17,19). The molecule has 2 rings (SSSR count). The molecular weight excluding hydrogens is 258 g/mol. The maximum absolute atomic E-state index is 11.9. The fourth-order valence-electron chi connectivity index (χ4n) is 3.22. The number of amides is 2. The predicted molar refractivity (Wildman–Crippen MR) is 76.5 cm³/mol. The third-order valence-corrected chi connectivity index (χ3v) is 4.44. The highest BCUT2D eigenvalue weighted by molar-refractivity contribution is 5.74. The molecule has 6 heteroatoms. The van der Waals surface area contributed by atoms with Gasteiger partial charge in [-0.2, -0.15) is 0 Å². The van der Waals surface area contributed by atoms with Crippen LogP contribution in [0.3, 0.4) is 0 Å². The summed E-state index contributed by atoms with van der Waals surface area (Å²) in [6.45, 7) is 3.08. The highest BCUT2D eigenvalue weighted by atomic mass is 16.5. The number of methoxy groups -OCH3 is 1. The summed E-state index contributed by atoms with van der Waals surface area (Å²) in [5, 5.41) is 18.8. The van der Waals surface area contributed by atoms with Gasteiger partial charge in [0.25, 0.3) is 0 Å². The van der Waals surface area contributed by atoms with Crippen molar-refractivity contribution in [2.75, 3.05) is 33.4 Å². The molecule has 1 aliphatic heterocycles. The number of hydrogen-bond acceptors (Lipinski definition) is 4. The van der Waals surface area contributed by atoms with Crippen molar-refractivity contribution in [2.45, 2.75) is 37.8 Å². The van der Waals surface area contributed by atoms with Crippen molar-refractivity contribution >= 4 is 6.03 Å². The summed E-state index contributed by atoms with van der Waals surface area (Å²) < 4.78 is 4.92. The van der Waals surface area contributed by atoms with E-state index in [1.807, 2.05) is 0 Å². The first kappa shape index (κ1) is 15.5. The maximum Gasteiger partial charge on any atom is 0.315 e. The van der Waals surface area contributed by atoms with Crippen LogP contribution in [0.2, 0.25) is 0 Å². The van der Waals surface area contributed by atoms with Gasteiger partial charge in [-0.15, -0.1) is 0 Å². The maximum atomic E-state index is 11.9. The van der Waals surface area contributed by atoms with E-state index in [0.717, 1.165) is 38.8 Å². The highest BCUT2D eigenvalue weighted by Crippen LogP contribution is 2.35. The zero-order valence-electron chi connectivity index (χ0n) is 12.2. The van der Waals surface area contributed by atoms with Gasteiger partial charge in [0, 0.05) is 19.7 Å². The minimum atomic E-state index is -0.178. The number of rotatable bonds is 6. The first-order chi connectivity index (χ1) is 9.70. The van der Waals surface area contributed by atoms with Crippen LogP contribution in [0.15, 0.2) is 0 Å². The molecular formula is C14H27N3O3. The molecule has 2 aliphatic rings. The van der Waals surface area contributed by atoms with Crippen LogP contribution in [0, 0.1) is 11.8 Å². The molecule has 0 radical (unpaired) electrons. The Morgan fingerprint density at radius 1 is 1.35 bits per heavy atom. The molecule has 1 unspecified atom stereocenters. The first-order valence-electron chi connectivity index (χ1n) is 7.62. The lowest BCUT2D eigenvalue weighted by molar-refractivity contribution is 0.0116. The number of aliphatic hydroxyl groups is 1. The van der Waals surface area contributed by atoms with Crippen molar-refractivity contribution in [3.63, 3.8) is 0 Å². The molecule has 20 heavy (non-hydrogen) atoms. The van der Waals surface area contributed by atoms with Gasteiger partial charge >= 0.3 is 6.03 Å². The highest BCUT2D eigenvalue weighted by Gasteiger charge is 2.39. The molecule has 2 amide bonds. The Bertz CT molecular complexity index is 302. The Balaban J connectivity index is 1.83. The third kappa shape index (κ3) is 4.33. The zero-order chi connectivity index (χ0) is 14.4. The lowest BCUT2D eigenvalue weighted by Gasteiger charge is -2.43. The van der Waals surface area contributed by atoms with Crippen molar-refractivity contribution in [3.05, 3.63) is 0 Å². The normalized spacial score (nSPS) is 28.5. The molecule has 1 saturated carbocycles. The van der Waals surface area contributed by atoms with E-state index < -0.39 is 0 Å². The Hall–Kier alpha value is -0.850. The topological polar surface area (TPSA) is 82.6 Å². The summed E-state index contributed by atoms with van der Waals surface area (Å²) in [6.07, 6.45) is 3.63. The van der Waals surface area contributed by atoms with Crippen LogP contribution in [0.5, 0.6) is 0 Å². The summed E-state index contributed by atoms with van der Waals surface area (Å²) >= 11 is 0. The van der Waals surface area contributed by atoms with Crippen LogP contribution < -0.4 is 16.0 Å². The minimum Gasteiger partial charge on any atom is -0.393 e. The number of nitrogens with one attached hydrogen (secondary N) is 3. The first-order valence-corrected chi connectivity index (χ1v) is 7.62. The smallest absolute Gasteiger partial charge is 0.315 e. The number of urea groups is 1. The van der Waals surface area contributed by atoms with Crippen LogP contribution >= 0.6 is 0 Å². The van der Waals surface area contributed by atoms with Gasteiger partial charge < -0.3 is 25.8 Å². The monoisotopic (exact) mass is 285 g/mol. The Kier molecular flexibility index (Phi) is 6.06. The predicted octanol–water partition coefficient (Wildman–Crippen LogP) is 0.0711. The van der Waals surface area contributed by atoms with Crippen LogP contribution in [-0.4, -0.2) is 56.6 Å². The number of piperidine rings is 1.